The van der Waals surface area contributed by atoms with Crippen LogP contribution in [0.4, 0.5) is 0 Å². The number of carbonyl (C=O) groups is 1. The van der Waals surface area contributed by atoms with Gasteiger partial charge in [-0.25, -0.2) is 5.43 Å². The molecule has 0 unspecified atom stereocenters. The molecule has 0 atom stereocenters. The maximum absolute atomic E-state index is 12.0. The number of ether oxygens (including phenoxy) is 1. The first-order valence-electron chi connectivity index (χ1n) is 8.78. The summed E-state index contributed by atoms with van der Waals surface area (Å²) in [6, 6.07) is 14.9. The lowest BCUT2D eigenvalue weighted by Gasteiger charge is -2.05. The van der Waals surface area contributed by atoms with Crippen molar-refractivity contribution < 1.29 is 13.9 Å². The number of furan rings is 1. The molecular formula is C21H21N3O3. The first-order chi connectivity index (χ1) is 13.2. The highest BCUT2D eigenvalue weighted by atomic mass is 16.5. The number of nitrogens with one attached hydrogen (secondary N) is 1. The molecule has 138 valence electrons. The third kappa shape index (κ3) is 5.54. The van der Waals surface area contributed by atoms with Gasteiger partial charge in [0.2, 0.25) is 0 Å². The van der Waals surface area contributed by atoms with Crippen LogP contribution >= 0.6 is 0 Å². The molecule has 2 heterocycles. The zero-order valence-corrected chi connectivity index (χ0v) is 15.1. The van der Waals surface area contributed by atoms with Crippen molar-refractivity contribution in [3.8, 4) is 5.75 Å². The van der Waals surface area contributed by atoms with Crippen molar-refractivity contribution in [2.75, 3.05) is 0 Å². The number of amides is 1. The van der Waals surface area contributed by atoms with Crippen LogP contribution in [-0.2, 0) is 13.0 Å². The summed E-state index contributed by atoms with van der Waals surface area (Å²) in [6.07, 6.45) is 7.00. The Kier molecular flexibility index (Phi) is 6.35. The minimum Gasteiger partial charge on any atom is -0.486 e. The van der Waals surface area contributed by atoms with Gasteiger partial charge in [0, 0.05) is 18.0 Å². The molecule has 0 saturated heterocycles. The van der Waals surface area contributed by atoms with Crippen molar-refractivity contribution in [1.82, 2.24) is 10.4 Å². The Balaban J connectivity index is 1.50. The molecule has 3 aromatic rings. The molecule has 2 aromatic heterocycles. The number of hydrogen-bond donors (Lipinski definition) is 1. The highest BCUT2D eigenvalue weighted by molar-refractivity contribution is 5.92. The third-order valence-electron chi connectivity index (χ3n) is 3.79. The van der Waals surface area contributed by atoms with Crippen molar-refractivity contribution >= 4 is 12.1 Å². The summed E-state index contributed by atoms with van der Waals surface area (Å²) in [5.41, 5.74) is 4.49. The Hall–Kier alpha value is -3.41. The van der Waals surface area contributed by atoms with Gasteiger partial charge in [-0.15, -0.1) is 0 Å². The van der Waals surface area contributed by atoms with Crippen LogP contribution in [-0.4, -0.2) is 17.1 Å². The van der Waals surface area contributed by atoms with Gasteiger partial charge >= 0.3 is 5.91 Å². The van der Waals surface area contributed by atoms with Crippen molar-refractivity contribution in [2.45, 2.75) is 26.4 Å². The van der Waals surface area contributed by atoms with E-state index >= 15 is 0 Å². The molecule has 0 aliphatic heterocycles. The quantitative estimate of drug-likeness (QED) is 0.485. The van der Waals surface area contributed by atoms with Crippen LogP contribution in [0.5, 0.6) is 5.75 Å². The molecule has 0 spiro atoms. The largest absolute Gasteiger partial charge is 0.486 e. The van der Waals surface area contributed by atoms with Crippen LogP contribution in [0.1, 0.15) is 40.8 Å². The van der Waals surface area contributed by atoms with Crippen LogP contribution in [0.25, 0.3) is 0 Å². The highest BCUT2D eigenvalue weighted by Gasteiger charge is 2.10. The van der Waals surface area contributed by atoms with E-state index in [9.17, 15) is 4.79 Å². The summed E-state index contributed by atoms with van der Waals surface area (Å²) < 4.78 is 11.2. The number of benzene rings is 1. The van der Waals surface area contributed by atoms with Gasteiger partial charge in [0.15, 0.2) is 5.76 Å². The average Bonchev–Trinajstić information content (AvgIpc) is 3.18. The maximum atomic E-state index is 12.0. The Labute approximate surface area is 157 Å². The molecule has 0 aliphatic rings. The zero-order chi connectivity index (χ0) is 18.9. The van der Waals surface area contributed by atoms with Crippen LogP contribution < -0.4 is 10.2 Å². The molecule has 6 nitrogen and oxygen atoms in total. The van der Waals surface area contributed by atoms with E-state index in [1.807, 2.05) is 18.2 Å². The molecule has 1 amide bonds. The standard InChI is InChI=1S/C21H21N3O3/c1-2-4-16-6-8-18(9-7-16)26-15-19-10-11-20(27-19)21(25)24-23-14-17-5-3-12-22-13-17/h3,5-14H,2,4,15H2,1H3,(H,24,25). The van der Waals surface area contributed by atoms with E-state index in [1.165, 1.54) is 11.8 Å². The number of aromatic nitrogens is 1. The lowest BCUT2D eigenvalue weighted by molar-refractivity contribution is 0.0923. The SMILES string of the molecule is CCCc1ccc(OCc2ccc(C(=O)NN=Cc3cccnc3)o2)cc1. The van der Waals surface area contributed by atoms with Gasteiger partial charge in [-0.3, -0.25) is 9.78 Å². The predicted molar refractivity (Wildman–Crippen MR) is 103 cm³/mol. The minimum absolute atomic E-state index is 0.176. The molecule has 0 radical (unpaired) electrons. The molecule has 3 rings (SSSR count). The normalized spacial score (nSPS) is 10.9. The molecule has 1 aromatic carbocycles. The fraction of sp³-hybridized carbons (Fsp3) is 0.190. The third-order valence-corrected chi connectivity index (χ3v) is 3.79. The molecule has 27 heavy (non-hydrogen) atoms. The monoisotopic (exact) mass is 363 g/mol. The Bertz CT molecular complexity index is 887. The molecular weight excluding hydrogens is 342 g/mol. The van der Waals surface area contributed by atoms with E-state index in [0.717, 1.165) is 24.2 Å². The van der Waals surface area contributed by atoms with Crippen LogP contribution in [0.15, 0.2) is 70.4 Å². The van der Waals surface area contributed by atoms with Crippen molar-refractivity contribution in [3.05, 3.63) is 83.6 Å². The number of carbonyl (C=O) groups excluding carboxylic acids is 1. The maximum Gasteiger partial charge on any atom is 0.307 e. The number of pyridine rings is 1. The summed E-state index contributed by atoms with van der Waals surface area (Å²) in [6.45, 7) is 2.40. The Morgan fingerprint density at radius 3 is 2.81 bits per heavy atom. The lowest BCUT2D eigenvalue weighted by atomic mass is 10.1. The smallest absolute Gasteiger partial charge is 0.307 e. The molecule has 0 bridgehead atoms. The first kappa shape index (κ1) is 18.4. The predicted octanol–water partition coefficient (Wildman–Crippen LogP) is 3.97. The summed E-state index contributed by atoms with van der Waals surface area (Å²) in [5.74, 6) is 1.08. The van der Waals surface area contributed by atoms with Crippen LogP contribution in [0, 0.1) is 0 Å². The van der Waals surface area contributed by atoms with Gasteiger partial charge in [-0.1, -0.05) is 31.5 Å². The van der Waals surface area contributed by atoms with Gasteiger partial charge in [0.25, 0.3) is 0 Å². The summed E-state index contributed by atoms with van der Waals surface area (Å²) in [5, 5.41) is 3.89. The van der Waals surface area contributed by atoms with Gasteiger partial charge in [-0.2, -0.15) is 5.10 Å². The summed E-state index contributed by atoms with van der Waals surface area (Å²) in [7, 11) is 0. The second kappa shape index (κ2) is 9.33. The number of hydrogen-bond acceptors (Lipinski definition) is 5. The number of nitrogens with zero attached hydrogens (tertiary/aromatic N) is 2. The van der Waals surface area contributed by atoms with Crippen LogP contribution in [0.3, 0.4) is 0 Å². The highest BCUT2D eigenvalue weighted by Crippen LogP contribution is 2.16. The molecule has 1 N–H and O–H groups in total. The number of hydrazone groups is 1. The molecule has 0 aliphatic carbocycles. The fourth-order valence-corrected chi connectivity index (χ4v) is 2.45. The van der Waals surface area contributed by atoms with Gasteiger partial charge in [0.1, 0.15) is 18.1 Å². The Morgan fingerprint density at radius 1 is 1.22 bits per heavy atom. The van der Waals surface area contributed by atoms with E-state index in [1.54, 1.807) is 30.6 Å². The van der Waals surface area contributed by atoms with E-state index < -0.39 is 5.91 Å². The van der Waals surface area contributed by atoms with Crippen molar-refractivity contribution in [3.63, 3.8) is 0 Å². The number of rotatable bonds is 8. The Morgan fingerprint density at radius 2 is 2.07 bits per heavy atom. The fourth-order valence-electron chi connectivity index (χ4n) is 2.45. The topological polar surface area (TPSA) is 76.7 Å². The average molecular weight is 363 g/mol. The van der Waals surface area contributed by atoms with Gasteiger partial charge in [0.05, 0.1) is 6.21 Å². The van der Waals surface area contributed by atoms with Gasteiger partial charge in [-0.05, 0) is 42.3 Å². The zero-order valence-electron chi connectivity index (χ0n) is 15.1. The van der Waals surface area contributed by atoms with E-state index in [4.69, 9.17) is 9.15 Å². The molecule has 0 fully saturated rings. The minimum atomic E-state index is -0.426. The van der Waals surface area contributed by atoms with Crippen molar-refractivity contribution in [2.24, 2.45) is 5.10 Å². The summed E-state index contributed by atoms with van der Waals surface area (Å²) >= 11 is 0. The van der Waals surface area contributed by atoms with Crippen LogP contribution in [0.2, 0.25) is 0 Å². The molecule has 0 saturated carbocycles. The van der Waals surface area contributed by atoms with Gasteiger partial charge < -0.3 is 9.15 Å². The first-order valence-corrected chi connectivity index (χ1v) is 8.78. The second-order valence-corrected chi connectivity index (χ2v) is 5.93. The number of aryl methyl sites for hydroxylation is 1. The summed E-state index contributed by atoms with van der Waals surface area (Å²) in [4.78, 5) is 16.0. The lowest BCUT2D eigenvalue weighted by Crippen LogP contribution is -2.16. The second-order valence-electron chi connectivity index (χ2n) is 5.93. The van der Waals surface area contributed by atoms with E-state index in [-0.39, 0.29) is 12.4 Å². The van der Waals surface area contributed by atoms with E-state index in [0.29, 0.717) is 5.76 Å². The van der Waals surface area contributed by atoms with Crippen molar-refractivity contribution in [1.29, 1.82) is 0 Å². The molecule has 6 heteroatoms. The van der Waals surface area contributed by atoms with E-state index in [2.05, 4.69) is 34.6 Å².